The summed E-state index contributed by atoms with van der Waals surface area (Å²) in [5.41, 5.74) is 0.711. The number of rotatable bonds is 8. The van der Waals surface area contributed by atoms with Gasteiger partial charge >= 0.3 is 5.97 Å². The first-order chi connectivity index (χ1) is 7.75. The summed E-state index contributed by atoms with van der Waals surface area (Å²) in [6, 6.07) is 1.70. The fraction of sp³-hybridized carbons (Fsp3) is 0.583. The molecule has 4 nitrogen and oxygen atoms in total. The van der Waals surface area contributed by atoms with Crippen LogP contribution in [-0.4, -0.2) is 17.6 Å². The lowest BCUT2D eigenvalue weighted by Gasteiger charge is -2.03. The summed E-state index contributed by atoms with van der Waals surface area (Å²) in [4.78, 5) is 10.7. The maximum Gasteiger partial charge on any atom is 0.372 e. The Morgan fingerprint density at radius 2 is 2.25 bits per heavy atom. The zero-order valence-electron chi connectivity index (χ0n) is 9.66. The van der Waals surface area contributed by atoms with Crippen LogP contribution in [0.4, 0.5) is 0 Å². The van der Waals surface area contributed by atoms with Crippen molar-refractivity contribution in [3.05, 3.63) is 23.7 Å². The molecule has 0 saturated carbocycles. The van der Waals surface area contributed by atoms with Crippen LogP contribution >= 0.6 is 0 Å². The van der Waals surface area contributed by atoms with Crippen molar-refractivity contribution in [3.63, 3.8) is 0 Å². The molecule has 1 aromatic rings. The van der Waals surface area contributed by atoms with Crippen molar-refractivity contribution in [2.75, 3.05) is 6.54 Å². The molecule has 2 N–H and O–H groups in total. The second-order valence-electron chi connectivity index (χ2n) is 3.82. The quantitative estimate of drug-likeness (QED) is 0.668. The Morgan fingerprint density at radius 1 is 1.44 bits per heavy atom. The summed E-state index contributed by atoms with van der Waals surface area (Å²) in [7, 11) is 0. The molecule has 1 aromatic heterocycles. The number of aromatic carboxylic acids is 1. The number of unbranched alkanes of at least 4 members (excludes halogenated alkanes) is 3. The molecule has 1 rings (SSSR count). The molecule has 1 heterocycles. The Labute approximate surface area is 95.7 Å². The summed E-state index contributed by atoms with van der Waals surface area (Å²) in [6.45, 7) is 3.66. The highest BCUT2D eigenvalue weighted by atomic mass is 16.4. The van der Waals surface area contributed by atoms with E-state index in [1.807, 2.05) is 0 Å². The normalized spacial score (nSPS) is 10.6. The molecule has 0 fully saturated rings. The van der Waals surface area contributed by atoms with Gasteiger partial charge in [-0.15, -0.1) is 0 Å². The van der Waals surface area contributed by atoms with Crippen LogP contribution in [0.1, 0.15) is 48.7 Å². The summed E-state index contributed by atoms with van der Waals surface area (Å²) in [5, 5.41) is 12.0. The van der Waals surface area contributed by atoms with Gasteiger partial charge in [-0.1, -0.05) is 26.2 Å². The first-order valence-electron chi connectivity index (χ1n) is 5.76. The van der Waals surface area contributed by atoms with Crippen LogP contribution in [0, 0.1) is 0 Å². The third-order valence-corrected chi connectivity index (χ3v) is 2.46. The maximum atomic E-state index is 10.7. The van der Waals surface area contributed by atoms with Crippen molar-refractivity contribution in [2.24, 2.45) is 0 Å². The standard InChI is InChI=1S/C12H19NO3/c1-2-3-4-5-7-13-9-10-6-8-16-11(10)12(14)15/h6,8,13H,2-5,7,9H2,1H3,(H,14,15). The number of carboxylic acid groups (broad SMARTS) is 1. The Kier molecular flexibility index (Phi) is 5.64. The van der Waals surface area contributed by atoms with Gasteiger partial charge in [0.25, 0.3) is 0 Å². The van der Waals surface area contributed by atoms with Gasteiger partial charge in [0.1, 0.15) is 0 Å². The maximum absolute atomic E-state index is 10.7. The van der Waals surface area contributed by atoms with Crippen LogP contribution in [0.25, 0.3) is 0 Å². The van der Waals surface area contributed by atoms with E-state index in [0.29, 0.717) is 12.1 Å². The minimum atomic E-state index is -1.01. The first kappa shape index (κ1) is 12.8. The molecule has 0 aliphatic carbocycles. The summed E-state index contributed by atoms with van der Waals surface area (Å²) < 4.78 is 4.88. The molecular formula is C12H19NO3. The SMILES string of the molecule is CCCCCCNCc1ccoc1C(=O)O. The molecule has 0 aliphatic heterocycles. The monoisotopic (exact) mass is 225 g/mol. The highest BCUT2D eigenvalue weighted by Gasteiger charge is 2.12. The number of carbonyl (C=O) groups is 1. The van der Waals surface area contributed by atoms with Gasteiger partial charge in [-0.3, -0.25) is 0 Å². The summed E-state index contributed by atoms with van der Waals surface area (Å²) in [5.74, 6) is -0.964. The van der Waals surface area contributed by atoms with Crippen LogP contribution in [0.15, 0.2) is 16.7 Å². The third kappa shape index (κ3) is 4.06. The number of furan rings is 1. The van der Waals surface area contributed by atoms with E-state index in [1.165, 1.54) is 25.5 Å². The highest BCUT2D eigenvalue weighted by molar-refractivity contribution is 5.86. The Morgan fingerprint density at radius 3 is 2.94 bits per heavy atom. The lowest BCUT2D eigenvalue weighted by molar-refractivity contribution is 0.0660. The minimum Gasteiger partial charge on any atom is -0.475 e. The molecule has 0 amide bonds. The van der Waals surface area contributed by atoms with E-state index in [2.05, 4.69) is 12.2 Å². The van der Waals surface area contributed by atoms with Crippen LogP contribution in [0.5, 0.6) is 0 Å². The third-order valence-electron chi connectivity index (χ3n) is 2.46. The van der Waals surface area contributed by atoms with Gasteiger partial charge in [-0.05, 0) is 19.0 Å². The van der Waals surface area contributed by atoms with Gasteiger partial charge in [0.15, 0.2) is 0 Å². The highest BCUT2D eigenvalue weighted by Crippen LogP contribution is 2.10. The number of nitrogens with one attached hydrogen (secondary N) is 1. The minimum absolute atomic E-state index is 0.0426. The second-order valence-corrected chi connectivity index (χ2v) is 3.82. The van der Waals surface area contributed by atoms with Crippen molar-refractivity contribution >= 4 is 5.97 Å². The van der Waals surface area contributed by atoms with Gasteiger partial charge in [0, 0.05) is 12.1 Å². The van der Waals surface area contributed by atoms with Crippen LogP contribution < -0.4 is 5.32 Å². The van der Waals surface area contributed by atoms with Gasteiger partial charge in [-0.2, -0.15) is 0 Å². The van der Waals surface area contributed by atoms with Gasteiger partial charge < -0.3 is 14.8 Å². The van der Waals surface area contributed by atoms with Crippen molar-refractivity contribution < 1.29 is 14.3 Å². The van der Waals surface area contributed by atoms with E-state index in [0.717, 1.165) is 13.0 Å². The predicted molar refractivity (Wildman–Crippen MR) is 61.5 cm³/mol. The van der Waals surface area contributed by atoms with E-state index in [-0.39, 0.29) is 5.76 Å². The fourth-order valence-electron chi connectivity index (χ4n) is 1.56. The molecule has 0 bridgehead atoms. The predicted octanol–water partition coefficient (Wildman–Crippen LogP) is 2.65. The van der Waals surface area contributed by atoms with E-state index in [9.17, 15) is 4.79 Å². The topological polar surface area (TPSA) is 62.5 Å². The molecular weight excluding hydrogens is 206 g/mol. The van der Waals surface area contributed by atoms with E-state index >= 15 is 0 Å². The van der Waals surface area contributed by atoms with Crippen molar-refractivity contribution in [1.82, 2.24) is 5.32 Å². The van der Waals surface area contributed by atoms with Crippen molar-refractivity contribution in [2.45, 2.75) is 39.2 Å². The zero-order valence-corrected chi connectivity index (χ0v) is 9.66. The molecule has 0 spiro atoms. The number of carboxylic acids is 1. The fourth-order valence-corrected chi connectivity index (χ4v) is 1.56. The molecule has 0 saturated heterocycles. The molecule has 0 aliphatic rings. The largest absolute Gasteiger partial charge is 0.475 e. The Bertz CT molecular complexity index is 320. The lowest BCUT2D eigenvalue weighted by Crippen LogP contribution is -2.16. The number of hydrogen-bond donors (Lipinski definition) is 2. The second kappa shape index (κ2) is 7.06. The van der Waals surface area contributed by atoms with Crippen molar-refractivity contribution in [3.8, 4) is 0 Å². The number of hydrogen-bond acceptors (Lipinski definition) is 3. The molecule has 0 atom stereocenters. The molecule has 90 valence electrons. The van der Waals surface area contributed by atoms with E-state index in [1.54, 1.807) is 6.07 Å². The first-order valence-corrected chi connectivity index (χ1v) is 5.76. The van der Waals surface area contributed by atoms with Crippen molar-refractivity contribution in [1.29, 1.82) is 0 Å². The Balaban J connectivity index is 2.21. The summed E-state index contributed by atoms with van der Waals surface area (Å²) in [6.07, 6.45) is 6.25. The van der Waals surface area contributed by atoms with Crippen LogP contribution in [0.2, 0.25) is 0 Å². The van der Waals surface area contributed by atoms with Gasteiger partial charge in [-0.25, -0.2) is 4.79 Å². The Hall–Kier alpha value is -1.29. The van der Waals surface area contributed by atoms with Crippen LogP contribution in [-0.2, 0) is 6.54 Å². The van der Waals surface area contributed by atoms with E-state index < -0.39 is 5.97 Å². The molecule has 16 heavy (non-hydrogen) atoms. The smallest absolute Gasteiger partial charge is 0.372 e. The molecule has 0 radical (unpaired) electrons. The van der Waals surface area contributed by atoms with Gasteiger partial charge in [0.2, 0.25) is 5.76 Å². The van der Waals surface area contributed by atoms with Gasteiger partial charge in [0.05, 0.1) is 6.26 Å². The molecule has 0 aromatic carbocycles. The van der Waals surface area contributed by atoms with E-state index in [4.69, 9.17) is 9.52 Å². The van der Waals surface area contributed by atoms with Crippen LogP contribution in [0.3, 0.4) is 0 Å². The average Bonchev–Trinajstić information content (AvgIpc) is 2.71. The zero-order chi connectivity index (χ0) is 11.8. The molecule has 4 heteroatoms. The lowest BCUT2D eigenvalue weighted by atomic mass is 10.2. The molecule has 0 unspecified atom stereocenters. The summed E-state index contributed by atoms with van der Waals surface area (Å²) >= 11 is 0. The average molecular weight is 225 g/mol.